The van der Waals surface area contributed by atoms with Gasteiger partial charge in [0.15, 0.2) is 6.17 Å². The molecular weight excluding hydrogens is 358 g/mol. The number of rotatable bonds is 7. The van der Waals surface area contributed by atoms with Gasteiger partial charge in [0.05, 0.1) is 12.9 Å². The lowest BCUT2D eigenvalue weighted by Crippen LogP contribution is -2.63. The minimum absolute atomic E-state index is 0.145. The molecule has 0 saturated heterocycles. The first-order valence-corrected chi connectivity index (χ1v) is 6.21. The number of nitrogens with zero attached hydrogens (tertiary/aromatic N) is 2. The Kier molecular flexibility index (Phi) is 5.66. The summed E-state index contributed by atoms with van der Waals surface area (Å²) in [6, 6.07) is 0. The number of hydrogen-bond acceptors (Lipinski definition) is 3. The van der Waals surface area contributed by atoms with Crippen molar-refractivity contribution >= 4 is 6.09 Å². The van der Waals surface area contributed by atoms with Crippen LogP contribution in [0.4, 0.5) is 39.9 Å². The lowest BCUT2D eigenvalue weighted by Gasteiger charge is -2.37. The third-order valence-electron chi connectivity index (χ3n) is 2.81. The summed E-state index contributed by atoms with van der Waals surface area (Å²) in [5, 5.41) is 1.23. The summed E-state index contributed by atoms with van der Waals surface area (Å²) in [5.41, 5.74) is 0. The molecule has 1 aromatic rings. The van der Waals surface area contributed by atoms with Crippen molar-refractivity contribution in [1.82, 2.24) is 14.9 Å². The van der Waals surface area contributed by atoms with E-state index in [0.29, 0.717) is 12.5 Å². The minimum Gasteiger partial charge on any atom is -0.450 e. The van der Waals surface area contributed by atoms with E-state index in [0.717, 1.165) is 6.20 Å². The predicted octanol–water partition coefficient (Wildman–Crippen LogP) is 3.30. The highest BCUT2D eigenvalue weighted by Gasteiger charge is 2.78. The smallest absolute Gasteiger partial charge is 0.408 e. The second kappa shape index (κ2) is 6.81. The SMILES string of the molecule is CCOC(=O)NC(n1ccnc1)C(F)(F)C(F)(F)C(F)(F)C(F)F. The Hall–Kier alpha value is -2.08. The topological polar surface area (TPSA) is 56.1 Å². The average molecular weight is 369 g/mol. The van der Waals surface area contributed by atoms with Crippen LogP contribution in [0.5, 0.6) is 0 Å². The summed E-state index contributed by atoms with van der Waals surface area (Å²) >= 11 is 0. The van der Waals surface area contributed by atoms with Gasteiger partial charge in [0.1, 0.15) is 0 Å². The van der Waals surface area contributed by atoms with Gasteiger partial charge in [-0.15, -0.1) is 0 Å². The van der Waals surface area contributed by atoms with Crippen LogP contribution in [0.25, 0.3) is 0 Å². The second-order valence-electron chi connectivity index (χ2n) is 4.40. The molecule has 1 amide bonds. The van der Waals surface area contributed by atoms with Crippen LogP contribution in [0, 0.1) is 0 Å². The highest BCUT2D eigenvalue weighted by Crippen LogP contribution is 2.52. The maximum absolute atomic E-state index is 14.0. The number of halogens is 8. The number of ether oxygens (including phenoxy) is 1. The molecule has 1 unspecified atom stereocenters. The summed E-state index contributed by atoms with van der Waals surface area (Å²) < 4.78 is 110. The van der Waals surface area contributed by atoms with Gasteiger partial charge in [-0.25, -0.2) is 18.6 Å². The first-order valence-electron chi connectivity index (χ1n) is 6.21. The van der Waals surface area contributed by atoms with Gasteiger partial charge in [0.25, 0.3) is 0 Å². The molecule has 1 atom stereocenters. The fourth-order valence-electron chi connectivity index (χ4n) is 1.59. The maximum Gasteiger partial charge on any atom is 0.408 e. The van der Waals surface area contributed by atoms with Crippen molar-refractivity contribution in [3.05, 3.63) is 18.7 Å². The van der Waals surface area contributed by atoms with Crippen molar-refractivity contribution in [2.45, 2.75) is 37.3 Å². The molecule has 0 radical (unpaired) electrons. The Morgan fingerprint density at radius 2 is 1.79 bits per heavy atom. The van der Waals surface area contributed by atoms with Crippen LogP contribution < -0.4 is 5.32 Å². The minimum atomic E-state index is -6.50. The molecule has 5 nitrogen and oxygen atoms in total. The third kappa shape index (κ3) is 3.38. The largest absolute Gasteiger partial charge is 0.450 e. The lowest BCUT2D eigenvalue weighted by atomic mass is 10.0. The van der Waals surface area contributed by atoms with E-state index in [-0.39, 0.29) is 11.2 Å². The van der Waals surface area contributed by atoms with Crippen LogP contribution in [0.2, 0.25) is 0 Å². The zero-order chi connectivity index (χ0) is 18.8. The molecule has 1 heterocycles. The van der Waals surface area contributed by atoms with Crippen molar-refractivity contribution in [1.29, 1.82) is 0 Å². The summed E-state index contributed by atoms with van der Waals surface area (Å²) in [5.74, 6) is -18.7. The molecule has 0 aliphatic heterocycles. The molecule has 0 aliphatic carbocycles. The van der Waals surface area contributed by atoms with E-state index in [1.165, 1.54) is 12.2 Å². The molecule has 0 fully saturated rings. The quantitative estimate of drug-likeness (QED) is 0.751. The zero-order valence-electron chi connectivity index (χ0n) is 11.8. The average Bonchev–Trinajstić information content (AvgIpc) is 2.98. The molecule has 0 saturated carbocycles. The van der Waals surface area contributed by atoms with E-state index < -0.39 is 36.5 Å². The van der Waals surface area contributed by atoms with Crippen molar-refractivity contribution < 1.29 is 44.7 Å². The summed E-state index contributed by atoms with van der Waals surface area (Å²) in [7, 11) is 0. The number of alkyl carbamates (subject to hydrolysis) is 1. The predicted molar refractivity (Wildman–Crippen MR) is 62.3 cm³/mol. The molecule has 13 heteroatoms. The summed E-state index contributed by atoms with van der Waals surface area (Å²) in [4.78, 5) is 14.5. The standard InChI is InChI=1S/C11H11F8N3O2/c1-2-24-8(23)21-7(22-4-3-20-5-22)10(16,17)11(18,19)9(14,15)6(12)13/h3-7H,2H2,1H3,(H,21,23). The number of nitrogens with one attached hydrogen (secondary N) is 1. The number of carbonyl (C=O) groups excluding carboxylic acids is 1. The Morgan fingerprint density at radius 1 is 1.21 bits per heavy atom. The van der Waals surface area contributed by atoms with E-state index in [2.05, 4.69) is 9.72 Å². The number of aromatic nitrogens is 2. The lowest BCUT2D eigenvalue weighted by molar-refractivity contribution is -0.349. The zero-order valence-corrected chi connectivity index (χ0v) is 11.8. The summed E-state index contributed by atoms with van der Waals surface area (Å²) in [6.45, 7) is 0.904. The molecule has 0 spiro atoms. The third-order valence-corrected chi connectivity index (χ3v) is 2.81. The fourth-order valence-corrected chi connectivity index (χ4v) is 1.59. The van der Waals surface area contributed by atoms with E-state index in [4.69, 9.17) is 0 Å². The Labute approximate surface area is 129 Å². The van der Waals surface area contributed by atoms with Crippen LogP contribution in [0.1, 0.15) is 13.1 Å². The molecular formula is C11H11F8N3O2. The van der Waals surface area contributed by atoms with Crippen molar-refractivity contribution in [3.8, 4) is 0 Å². The molecule has 1 N–H and O–H groups in total. The molecule has 1 rings (SSSR count). The number of alkyl halides is 8. The number of carbonyl (C=O) groups is 1. The summed E-state index contributed by atoms with van der Waals surface area (Å²) in [6.07, 6.45) is -7.91. The van der Waals surface area contributed by atoms with Crippen LogP contribution in [0.3, 0.4) is 0 Å². The monoisotopic (exact) mass is 369 g/mol. The fraction of sp³-hybridized carbons (Fsp3) is 0.636. The molecule has 24 heavy (non-hydrogen) atoms. The molecule has 1 aromatic heterocycles. The maximum atomic E-state index is 14.0. The van der Waals surface area contributed by atoms with Crippen molar-refractivity contribution in [3.63, 3.8) is 0 Å². The normalized spacial score (nSPS) is 14.6. The highest BCUT2D eigenvalue weighted by atomic mass is 19.4. The van der Waals surface area contributed by atoms with Crippen molar-refractivity contribution in [2.24, 2.45) is 0 Å². The second-order valence-corrected chi connectivity index (χ2v) is 4.40. The first-order chi connectivity index (χ1) is 10.9. The number of imidazole rings is 1. The molecule has 0 aliphatic rings. The van der Waals surface area contributed by atoms with Gasteiger partial charge in [-0.2, -0.15) is 26.3 Å². The molecule has 0 bridgehead atoms. The Bertz CT molecular complexity index is 549. The van der Waals surface area contributed by atoms with E-state index >= 15 is 0 Å². The van der Waals surface area contributed by atoms with Gasteiger partial charge in [-0.3, -0.25) is 5.32 Å². The van der Waals surface area contributed by atoms with Gasteiger partial charge in [-0.1, -0.05) is 0 Å². The first kappa shape index (κ1) is 20.0. The Balaban J connectivity index is 3.31. The van der Waals surface area contributed by atoms with Gasteiger partial charge >= 0.3 is 30.3 Å². The Morgan fingerprint density at radius 3 is 2.21 bits per heavy atom. The van der Waals surface area contributed by atoms with Crippen LogP contribution >= 0.6 is 0 Å². The van der Waals surface area contributed by atoms with Crippen LogP contribution in [-0.4, -0.2) is 46.4 Å². The number of hydrogen-bond donors (Lipinski definition) is 1. The number of amides is 1. The van der Waals surface area contributed by atoms with Crippen LogP contribution in [-0.2, 0) is 4.74 Å². The molecule has 0 aromatic carbocycles. The van der Waals surface area contributed by atoms with E-state index in [1.54, 1.807) is 0 Å². The van der Waals surface area contributed by atoms with Gasteiger partial charge in [-0.05, 0) is 6.92 Å². The highest BCUT2D eigenvalue weighted by molar-refractivity contribution is 5.67. The van der Waals surface area contributed by atoms with E-state index in [1.807, 2.05) is 0 Å². The van der Waals surface area contributed by atoms with E-state index in [9.17, 15) is 39.9 Å². The van der Waals surface area contributed by atoms with Gasteiger partial charge in [0.2, 0.25) is 0 Å². The van der Waals surface area contributed by atoms with Gasteiger partial charge < -0.3 is 9.30 Å². The van der Waals surface area contributed by atoms with Crippen LogP contribution in [0.15, 0.2) is 18.7 Å². The van der Waals surface area contributed by atoms with Gasteiger partial charge in [0, 0.05) is 12.4 Å². The molecule has 138 valence electrons. The van der Waals surface area contributed by atoms with Crippen molar-refractivity contribution in [2.75, 3.05) is 6.61 Å².